The average molecular weight is 378 g/mol. The Hall–Kier alpha value is -2.89. The Bertz CT molecular complexity index is 985. The van der Waals surface area contributed by atoms with Crippen LogP contribution in [0, 0.1) is 34.8 Å². The number of carbonyl (C=O) groups is 1. The minimum atomic E-state index is -0.922. The Morgan fingerprint density at radius 2 is 1.89 bits per heavy atom. The minimum Gasteiger partial charge on any atom is -0.478 e. The van der Waals surface area contributed by atoms with Gasteiger partial charge in [-0.25, -0.2) is 4.79 Å². The molecule has 3 aliphatic rings. The van der Waals surface area contributed by atoms with E-state index in [1.807, 2.05) is 19.1 Å². The van der Waals surface area contributed by atoms with Gasteiger partial charge in [0.05, 0.1) is 16.5 Å². The summed E-state index contributed by atoms with van der Waals surface area (Å²) < 4.78 is 0. The quantitative estimate of drug-likeness (QED) is 0.585. The highest BCUT2D eigenvalue weighted by Crippen LogP contribution is 2.64. The van der Waals surface area contributed by atoms with E-state index in [2.05, 4.69) is 5.32 Å². The Kier molecular flexibility index (Phi) is 3.73. The predicted octanol–water partition coefficient (Wildman–Crippen LogP) is 4.90. The van der Waals surface area contributed by atoms with E-state index in [1.54, 1.807) is 24.3 Å². The van der Waals surface area contributed by atoms with Crippen LogP contribution in [-0.2, 0) is 0 Å². The lowest BCUT2D eigenvalue weighted by molar-refractivity contribution is -0.385. The van der Waals surface area contributed by atoms with Gasteiger partial charge in [-0.2, -0.15) is 0 Å². The number of non-ortho nitro benzene ring substituents is 1. The lowest BCUT2D eigenvalue weighted by Gasteiger charge is -2.44. The Morgan fingerprint density at radius 3 is 2.57 bits per heavy atom. The number of aryl methyl sites for hydroxylation is 1. The number of fused-ring (bicyclic) bond motifs is 7. The number of nitrogens with zero attached hydrogens (tertiary/aromatic N) is 1. The Morgan fingerprint density at radius 1 is 1.18 bits per heavy atom. The number of hydrogen-bond donors (Lipinski definition) is 2. The number of hydrogen-bond acceptors (Lipinski definition) is 4. The zero-order chi connectivity index (χ0) is 19.6. The van der Waals surface area contributed by atoms with Crippen LogP contribution in [0.25, 0.3) is 0 Å². The van der Waals surface area contributed by atoms with Gasteiger partial charge >= 0.3 is 5.97 Å². The maximum absolute atomic E-state index is 11.4. The van der Waals surface area contributed by atoms with Crippen molar-refractivity contribution in [3.63, 3.8) is 0 Å². The molecule has 28 heavy (non-hydrogen) atoms. The zero-order valence-electron chi connectivity index (χ0n) is 15.6. The molecule has 144 valence electrons. The molecule has 2 saturated carbocycles. The smallest absolute Gasteiger partial charge is 0.335 e. The number of anilines is 1. The van der Waals surface area contributed by atoms with Gasteiger partial charge in [0.25, 0.3) is 5.69 Å². The molecule has 2 N–H and O–H groups in total. The van der Waals surface area contributed by atoms with Crippen molar-refractivity contribution in [2.45, 2.75) is 38.1 Å². The van der Waals surface area contributed by atoms with Crippen molar-refractivity contribution in [2.75, 3.05) is 5.32 Å². The van der Waals surface area contributed by atoms with Crippen LogP contribution in [0.3, 0.4) is 0 Å². The van der Waals surface area contributed by atoms with Crippen LogP contribution in [0.15, 0.2) is 36.4 Å². The Balaban J connectivity index is 1.62. The van der Waals surface area contributed by atoms with Crippen molar-refractivity contribution in [1.29, 1.82) is 0 Å². The largest absolute Gasteiger partial charge is 0.478 e. The van der Waals surface area contributed by atoms with Gasteiger partial charge in [0.15, 0.2) is 0 Å². The topological polar surface area (TPSA) is 92.5 Å². The second-order valence-corrected chi connectivity index (χ2v) is 8.47. The second kappa shape index (κ2) is 6.06. The highest BCUT2D eigenvalue weighted by molar-refractivity contribution is 5.87. The van der Waals surface area contributed by atoms with Crippen molar-refractivity contribution in [3.05, 3.63) is 68.8 Å². The van der Waals surface area contributed by atoms with Crippen molar-refractivity contribution >= 4 is 17.3 Å². The maximum atomic E-state index is 11.4. The highest BCUT2D eigenvalue weighted by atomic mass is 16.6. The van der Waals surface area contributed by atoms with E-state index in [9.17, 15) is 20.0 Å². The molecule has 1 heterocycles. The van der Waals surface area contributed by atoms with Gasteiger partial charge in [-0.05, 0) is 78.7 Å². The first-order chi connectivity index (χ1) is 13.4. The number of rotatable bonds is 3. The van der Waals surface area contributed by atoms with Gasteiger partial charge in [0, 0.05) is 17.8 Å². The number of nitrogens with one attached hydrogen (secondary N) is 1. The third kappa shape index (κ3) is 2.44. The van der Waals surface area contributed by atoms with E-state index in [1.165, 1.54) is 19.3 Å². The molecule has 0 radical (unpaired) electrons. The number of nitro groups is 1. The van der Waals surface area contributed by atoms with Crippen LogP contribution in [0.1, 0.15) is 58.3 Å². The van der Waals surface area contributed by atoms with E-state index in [0.29, 0.717) is 23.7 Å². The number of carboxylic acid groups (broad SMARTS) is 1. The number of nitro benzene ring substituents is 1. The molecule has 6 nitrogen and oxygen atoms in total. The molecular formula is C22H22N2O4. The maximum Gasteiger partial charge on any atom is 0.335 e. The molecule has 2 bridgehead atoms. The summed E-state index contributed by atoms with van der Waals surface area (Å²) in [5.74, 6) is 0.993. The highest BCUT2D eigenvalue weighted by Gasteiger charge is 2.54. The average Bonchev–Trinajstić information content (AvgIpc) is 3.30. The van der Waals surface area contributed by atoms with Gasteiger partial charge in [0.1, 0.15) is 0 Å². The molecule has 5 rings (SSSR count). The van der Waals surface area contributed by atoms with E-state index in [4.69, 9.17) is 0 Å². The lowest BCUT2D eigenvalue weighted by Crippen LogP contribution is -2.35. The van der Waals surface area contributed by atoms with Crippen LogP contribution in [-0.4, -0.2) is 16.0 Å². The minimum absolute atomic E-state index is 0.107. The van der Waals surface area contributed by atoms with Crippen molar-refractivity contribution in [3.8, 4) is 0 Å². The predicted molar refractivity (Wildman–Crippen MR) is 105 cm³/mol. The summed E-state index contributed by atoms with van der Waals surface area (Å²) in [7, 11) is 0. The molecule has 0 unspecified atom stereocenters. The third-order valence-electron chi connectivity index (χ3n) is 7.10. The van der Waals surface area contributed by atoms with Gasteiger partial charge in [-0.1, -0.05) is 12.1 Å². The van der Waals surface area contributed by atoms with Crippen LogP contribution < -0.4 is 5.32 Å². The normalized spacial score (nSPS) is 29.7. The molecule has 0 aromatic heterocycles. The molecule has 5 atom stereocenters. The van der Waals surface area contributed by atoms with E-state index in [0.717, 1.165) is 22.4 Å². The van der Waals surface area contributed by atoms with Crippen molar-refractivity contribution in [2.24, 2.45) is 17.8 Å². The van der Waals surface area contributed by atoms with Crippen molar-refractivity contribution < 1.29 is 14.8 Å². The zero-order valence-corrected chi connectivity index (χ0v) is 15.6. The van der Waals surface area contributed by atoms with Crippen LogP contribution in [0.2, 0.25) is 0 Å². The molecule has 2 fully saturated rings. The summed E-state index contributed by atoms with van der Waals surface area (Å²) in [5, 5.41) is 24.3. The fourth-order valence-electron chi connectivity index (χ4n) is 6.03. The fraction of sp³-hybridized carbons (Fsp3) is 0.409. The SMILES string of the molecule is Cc1cc([N+](=O)[O-])cc2c1N[C@H](c1ccc(C(=O)O)cc1)[C@H]1[C@H]3CC[C@@H](C3)[C@@H]21. The first-order valence-electron chi connectivity index (χ1n) is 9.82. The molecule has 0 spiro atoms. The third-order valence-corrected chi connectivity index (χ3v) is 7.10. The molecule has 2 aromatic carbocycles. The molecule has 1 aliphatic heterocycles. The van der Waals surface area contributed by atoms with E-state index < -0.39 is 5.97 Å². The summed E-state index contributed by atoms with van der Waals surface area (Å²) in [6.45, 7) is 1.93. The first kappa shape index (κ1) is 17.2. The van der Waals surface area contributed by atoms with Crippen LogP contribution >= 0.6 is 0 Å². The fourth-order valence-corrected chi connectivity index (χ4v) is 6.03. The summed E-state index contributed by atoms with van der Waals surface area (Å²) in [5.41, 5.74) is 4.57. The molecule has 6 heteroatoms. The first-order valence-corrected chi connectivity index (χ1v) is 9.82. The lowest BCUT2D eigenvalue weighted by atomic mass is 9.67. The summed E-state index contributed by atoms with van der Waals surface area (Å²) in [4.78, 5) is 22.3. The number of benzene rings is 2. The number of carboxylic acids is 1. The van der Waals surface area contributed by atoms with Gasteiger partial charge in [-0.15, -0.1) is 0 Å². The molecule has 2 aromatic rings. The summed E-state index contributed by atoms with van der Waals surface area (Å²) >= 11 is 0. The second-order valence-electron chi connectivity index (χ2n) is 8.47. The monoisotopic (exact) mass is 378 g/mol. The van der Waals surface area contributed by atoms with E-state index in [-0.39, 0.29) is 22.2 Å². The molecular weight excluding hydrogens is 356 g/mol. The molecule has 2 aliphatic carbocycles. The summed E-state index contributed by atoms with van der Waals surface area (Å²) in [6, 6.07) is 10.7. The van der Waals surface area contributed by atoms with Crippen LogP contribution in [0.5, 0.6) is 0 Å². The van der Waals surface area contributed by atoms with Crippen molar-refractivity contribution in [1.82, 2.24) is 0 Å². The molecule has 0 amide bonds. The number of aromatic carboxylic acids is 1. The van der Waals surface area contributed by atoms with E-state index >= 15 is 0 Å². The summed E-state index contributed by atoms with van der Waals surface area (Å²) in [6.07, 6.45) is 3.58. The van der Waals surface area contributed by atoms with Gasteiger partial charge in [0.2, 0.25) is 0 Å². The Labute approximate surface area is 162 Å². The van der Waals surface area contributed by atoms with Crippen LogP contribution in [0.4, 0.5) is 11.4 Å². The van der Waals surface area contributed by atoms with Gasteiger partial charge in [-0.3, -0.25) is 10.1 Å². The molecule has 0 saturated heterocycles. The standard InChI is InChI=1S/C22H22N2O4/c1-11-8-16(24(27)28)10-17-18-14-6-7-15(9-14)19(18)21(23-20(11)17)12-2-4-13(5-3-12)22(25)26/h2-5,8,10,14-15,18-19,21,23H,6-7,9H2,1H3,(H,25,26)/t14-,15-,18-,19-,21+/m0/s1. The van der Waals surface area contributed by atoms with Gasteiger partial charge < -0.3 is 10.4 Å².